The Morgan fingerprint density at radius 3 is 2.81 bits per heavy atom. The van der Waals surface area contributed by atoms with Crippen molar-refractivity contribution in [2.24, 2.45) is 0 Å². The van der Waals surface area contributed by atoms with Gasteiger partial charge in [-0.05, 0) is 36.6 Å². The molecule has 0 radical (unpaired) electrons. The van der Waals surface area contributed by atoms with Crippen LogP contribution in [-0.4, -0.2) is 29.1 Å². The number of rotatable bonds is 6. The fraction of sp³-hybridized carbons (Fsp3) is 0.533. The largest absolute Gasteiger partial charge is 0.368 e. The zero-order chi connectivity index (χ0) is 15.2. The number of halogens is 1. The Morgan fingerprint density at radius 1 is 1.43 bits per heavy atom. The highest BCUT2D eigenvalue weighted by Gasteiger charge is 2.16. The molecule has 1 aliphatic carbocycles. The van der Waals surface area contributed by atoms with Gasteiger partial charge in [-0.3, -0.25) is 9.00 Å². The molecule has 0 spiro atoms. The van der Waals surface area contributed by atoms with Crippen molar-refractivity contribution in [3.63, 3.8) is 0 Å². The molecule has 0 unspecified atom stereocenters. The van der Waals surface area contributed by atoms with Crippen molar-refractivity contribution in [2.45, 2.75) is 37.5 Å². The predicted molar refractivity (Wildman–Crippen MR) is 86.1 cm³/mol. The quantitative estimate of drug-likeness (QED) is 0.872. The number of benzene rings is 1. The van der Waals surface area contributed by atoms with Crippen LogP contribution in [0.4, 0.5) is 5.69 Å². The summed E-state index contributed by atoms with van der Waals surface area (Å²) in [4.78, 5) is 11.9. The van der Waals surface area contributed by atoms with Crippen molar-refractivity contribution in [2.75, 3.05) is 18.2 Å². The van der Waals surface area contributed by atoms with Gasteiger partial charge in [0.25, 0.3) is 0 Å². The van der Waals surface area contributed by atoms with Crippen LogP contribution in [0.1, 0.15) is 31.2 Å². The van der Waals surface area contributed by atoms with E-state index in [-0.39, 0.29) is 18.6 Å². The highest BCUT2D eigenvalue weighted by Crippen LogP contribution is 2.23. The molecule has 2 rings (SSSR count). The summed E-state index contributed by atoms with van der Waals surface area (Å²) < 4.78 is 16.9. The molecule has 1 atom stereocenters. The molecular weight excluding hydrogens is 310 g/mol. The number of hydrogen-bond acceptors (Lipinski definition) is 3. The summed E-state index contributed by atoms with van der Waals surface area (Å²) in [5.74, 6) is 0.203. The third-order valence-corrected chi connectivity index (χ3v) is 4.53. The van der Waals surface area contributed by atoms with Gasteiger partial charge < -0.3 is 10.1 Å². The van der Waals surface area contributed by atoms with Crippen LogP contribution in [0.15, 0.2) is 18.2 Å². The molecule has 6 heteroatoms. The molecule has 1 N–H and O–H groups in total. The number of nitrogens with one attached hydrogen (secondary N) is 1. The van der Waals surface area contributed by atoms with E-state index in [1.54, 1.807) is 24.5 Å². The monoisotopic (exact) mass is 329 g/mol. The lowest BCUT2D eigenvalue weighted by Gasteiger charge is -2.12. The summed E-state index contributed by atoms with van der Waals surface area (Å²) in [6, 6.07) is 5.20. The second-order valence-corrected chi connectivity index (χ2v) is 7.13. The Bertz CT molecular complexity index is 530. The molecule has 0 heterocycles. The first-order valence-electron chi connectivity index (χ1n) is 7.04. The van der Waals surface area contributed by atoms with E-state index in [1.165, 1.54) is 12.8 Å². The third-order valence-electron chi connectivity index (χ3n) is 3.44. The van der Waals surface area contributed by atoms with Crippen LogP contribution < -0.4 is 5.32 Å². The maximum atomic E-state index is 11.9. The lowest BCUT2D eigenvalue weighted by molar-refractivity contribution is -0.122. The van der Waals surface area contributed by atoms with Gasteiger partial charge in [-0.2, -0.15) is 0 Å². The number of carbonyl (C=O) groups is 1. The average Bonchev–Trinajstić information content (AvgIpc) is 2.93. The Hall–Kier alpha value is -0.910. The topological polar surface area (TPSA) is 55.4 Å². The molecule has 116 valence electrons. The summed E-state index contributed by atoms with van der Waals surface area (Å²) in [5.41, 5.74) is 1.42. The predicted octanol–water partition coefficient (Wildman–Crippen LogP) is 3.12. The zero-order valence-electron chi connectivity index (χ0n) is 12.1. The van der Waals surface area contributed by atoms with Gasteiger partial charge in [-0.1, -0.05) is 24.4 Å². The van der Waals surface area contributed by atoms with E-state index in [2.05, 4.69) is 5.32 Å². The maximum Gasteiger partial charge on any atom is 0.250 e. The van der Waals surface area contributed by atoms with Crippen LogP contribution in [0, 0.1) is 0 Å². The molecule has 4 nitrogen and oxygen atoms in total. The van der Waals surface area contributed by atoms with Crippen LogP contribution in [0.3, 0.4) is 0 Å². The molecular formula is C15H20ClNO3S. The van der Waals surface area contributed by atoms with E-state index in [9.17, 15) is 9.00 Å². The molecule has 1 aliphatic rings. The van der Waals surface area contributed by atoms with Crippen molar-refractivity contribution in [1.29, 1.82) is 0 Å². The minimum atomic E-state index is -0.975. The van der Waals surface area contributed by atoms with Crippen LogP contribution in [-0.2, 0) is 26.1 Å². The molecule has 0 saturated heterocycles. The normalized spacial score (nSPS) is 16.9. The van der Waals surface area contributed by atoms with Gasteiger partial charge >= 0.3 is 0 Å². The van der Waals surface area contributed by atoms with Crippen LogP contribution in [0.5, 0.6) is 0 Å². The van der Waals surface area contributed by atoms with Gasteiger partial charge in [-0.15, -0.1) is 0 Å². The summed E-state index contributed by atoms with van der Waals surface area (Å²) in [7, 11) is -0.975. The summed E-state index contributed by atoms with van der Waals surface area (Å²) in [6.45, 7) is 0.0718. The molecule has 21 heavy (non-hydrogen) atoms. The Kier molecular flexibility index (Phi) is 6.21. The van der Waals surface area contributed by atoms with E-state index < -0.39 is 10.8 Å². The fourth-order valence-corrected chi connectivity index (χ4v) is 3.37. The van der Waals surface area contributed by atoms with Crippen molar-refractivity contribution < 1.29 is 13.7 Å². The number of carbonyl (C=O) groups excluding carboxylic acids is 1. The minimum absolute atomic E-state index is 0.0718. The zero-order valence-corrected chi connectivity index (χ0v) is 13.6. The van der Waals surface area contributed by atoms with E-state index in [1.807, 2.05) is 0 Å². The van der Waals surface area contributed by atoms with Gasteiger partial charge in [0.15, 0.2) is 0 Å². The smallest absolute Gasteiger partial charge is 0.250 e. The number of hydrogen-bond donors (Lipinski definition) is 1. The summed E-state index contributed by atoms with van der Waals surface area (Å²) >= 11 is 6.05. The van der Waals surface area contributed by atoms with Crippen molar-refractivity contribution in [1.82, 2.24) is 0 Å². The first-order chi connectivity index (χ1) is 10.0. The second kappa shape index (κ2) is 7.92. The standard InChI is InChI=1S/C15H20ClNO3S/c1-21(19)10-11-8-12(6-7-14(11)16)17-15(18)9-20-13-4-2-3-5-13/h6-8,13H,2-5,9-10H2,1H3,(H,17,18)/t21-/m1/s1. The molecule has 0 bridgehead atoms. The van der Waals surface area contributed by atoms with E-state index >= 15 is 0 Å². The third kappa shape index (κ3) is 5.41. The van der Waals surface area contributed by atoms with Crippen LogP contribution in [0.2, 0.25) is 5.02 Å². The van der Waals surface area contributed by atoms with E-state index in [4.69, 9.17) is 16.3 Å². The summed E-state index contributed by atoms with van der Waals surface area (Å²) in [6.07, 6.45) is 6.29. The Balaban J connectivity index is 1.89. The molecule has 0 aliphatic heterocycles. The fourth-order valence-electron chi connectivity index (χ4n) is 2.43. The SMILES string of the molecule is C[S@@](=O)Cc1cc(NC(=O)COC2CCCC2)ccc1Cl. The van der Waals surface area contributed by atoms with Gasteiger partial charge in [-0.25, -0.2) is 0 Å². The number of ether oxygens (including phenoxy) is 1. The van der Waals surface area contributed by atoms with Crippen molar-refractivity contribution >= 4 is 34.0 Å². The molecule has 0 aromatic heterocycles. The van der Waals surface area contributed by atoms with Gasteiger partial charge in [0, 0.05) is 33.5 Å². The lowest BCUT2D eigenvalue weighted by atomic mass is 10.2. The summed E-state index contributed by atoms with van der Waals surface area (Å²) in [5, 5.41) is 3.35. The molecule has 1 aromatic carbocycles. The van der Waals surface area contributed by atoms with E-state index in [0.717, 1.165) is 18.4 Å². The maximum absolute atomic E-state index is 11.9. The number of anilines is 1. The lowest BCUT2D eigenvalue weighted by Crippen LogP contribution is -2.22. The highest BCUT2D eigenvalue weighted by atomic mass is 35.5. The number of amides is 1. The van der Waals surface area contributed by atoms with Crippen molar-refractivity contribution in [3.8, 4) is 0 Å². The van der Waals surface area contributed by atoms with Crippen LogP contribution in [0.25, 0.3) is 0 Å². The first kappa shape index (κ1) is 16.5. The first-order valence-corrected chi connectivity index (χ1v) is 9.15. The van der Waals surface area contributed by atoms with Crippen LogP contribution >= 0.6 is 11.6 Å². The molecule has 1 fully saturated rings. The van der Waals surface area contributed by atoms with Gasteiger partial charge in [0.05, 0.1) is 6.10 Å². The second-order valence-electron chi connectivity index (χ2n) is 5.29. The molecule has 1 saturated carbocycles. The van der Waals surface area contributed by atoms with Crippen molar-refractivity contribution in [3.05, 3.63) is 28.8 Å². The minimum Gasteiger partial charge on any atom is -0.368 e. The van der Waals surface area contributed by atoms with Gasteiger partial charge in [0.1, 0.15) is 6.61 Å². The Morgan fingerprint density at radius 2 is 2.14 bits per heavy atom. The van der Waals surface area contributed by atoms with Gasteiger partial charge in [0.2, 0.25) is 5.91 Å². The Labute approximate surface area is 132 Å². The average molecular weight is 330 g/mol. The molecule has 1 aromatic rings. The van der Waals surface area contributed by atoms with E-state index in [0.29, 0.717) is 16.5 Å². The molecule has 1 amide bonds. The highest BCUT2D eigenvalue weighted by molar-refractivity contribution is 7.83.